The summed E-state index contributed by atoms with van der Waals surface area (Å²) in [6.45, 7) is 14.1. The van der Waals surface area contributed by atoms with Gasteiger partial charge >= 0.3 is 13.1 Å². The minimum absolute atomic E-state index is 0.0199. The molecule has 0 spiro atoms. The van der Waals surface area contributed by atoms with Crippen molar-refractivity contribution in [2.45, 2.75) is 65.5 Å². The van der Waals surface area contributed by atoms with Gasteiger partial charge in [-0.2, -0.15) is 0 Å². The first-order valence-electron chi connectivity index (χ1n) is 6.97. The van der Waals surface area contributed by atoms with Crippen molar-refractivity contribution in [1.82, 2.24) is 0 Å². The topological polar surface area (TPSA) is 44.8 Å². The van der Waals surface area contributed by atoms with Crippen molar-refractivity contribution in [3.8, 4) is 0 Å². The van der Waals surface area contributed by atoms with Gasteiger partial charge in [-0.05, 0) is 33.6 Å². The van der Waals surface area contributed by atoms with Crippen LogP contribution in [-0.2, 0) is 18.8 Å². The maximum atomic E-state index is 11.8. The van der Waals surface area contributed by atoms with Crippen LogP contribution in [0, 0.1) is 11.8 Å². The van der Waals surface area contributed by atoms with Gasteiger partial charge in [-0.25, -0.2) is 0 Å². The van der Waals surface area contributed by atoms with E-state index >= 15 is 0 Å². The van der Waals surface area contributed by atoms with Gasteiger partial charge in [0.25, 0.3) is 0 Å². The normalized spacial score (nSPS) is 24.4. The van der Waals surface area contributed by atoms with Crippen LogP contribution in [0.3, 0.4) is 0 Å². The predicted molar refractivity (Wildman–Crippen MR) is 75.9 cm³/mol. The summed E-state index contributed by atoms with van der Waals surface area (Å²) in [5, 5.41) is 0. The summed E-state index contributed by atoms with van der Waals surface area (Å²) in [6.07, 6.45) is 0. The maximum Gasteiger partial charge on any atom is 0.462 e. The van der Waals surface area contributed by atoms with Crippen molar-refractivity contribution in [3.63, 3.8) is 0 Å². The highest BCUT2D eigenvalue weighted by Gasteiger charge is 2.55. The molecule has 19 heavy (non-hydrogen) atoms. The largest absolute Gasteiger partial charge is 0.469 e. The molecule has 2 atom stereocenters. The second-order valence-corrected chi connectivity index (χ2v) is 6.76. The molecule has 0 bridgehead atoms. The smallest absolute Gasteiger partial charge is 0.462 e. The molecule has 1 aliphatic heterocycles. The molecule has 1 heterocycles. The van der Waals surface area contributed by atoms with E-state index in [4.69, 9.17) is 14.0 Å². The van der Waals surface area contributed by atoms with E-state index in [1.165, 1.54) is 7.11 Å². The summed E-state index contributed by atoms with van der Waals surface area (Å²) < 4.78 is 17.0. The number of carbonyl (C=O) groups excluding carboxylic acids is 1. The van der Waals surface area contributed by atoms with Crippen LogP contribution in [0.25, 0.3) is 0 Å². The fourth-order valence-corrected chi connectivity index (χ4v) is 2.52. The van der Waals surface area contributed by atoms with Crippen LogP contribution in [0.2, 0.25) is 5.82 Å². The van der Waals surface area contributed by atoms with Crippen molar-refractivity contribution in [3.05, 3.63) is 0 Å². The average molecular weight is 270 g/mol. The van der Waals surface area contributed by atoms with Crippen LogP contribution in [0.4, 0.5) is 0 Å². The van der Waals surface area contributed by atoms with Gasteiger partial charge in [0.15, 0.2) is 0 Å². The fourth-order valence-electron chi connectivity index (χ4n) is 2.52. The average Bonchev–Trinajstić information content (AvgIpc) is 2.46. The SMILES string of the molecule is COC(=O)[C@H](C)[C@H](B1OC(C)(C)C(C)(C)O1)C(C)C. The highest BCUT2D eigenvalue weighted by molar-refractivity contribution is 6.48. The van der Waals surface area contributed by atoms with Crippen LogP contribution in [0.15, 0.2) is 0 Å². The van der Waals surface area contributed by atoms with Crippen molar-refractivity contribution in [2.24, 2.45) is 11.8 Å². The van der Waals surface area contributed by atoms with E-state index in [-0.39, 0.29) is 41.9 Å². The van der Waals surface area contributed by atoms with Crippen LogP contribution in [0.1, 0.15) is 48.5 Å². The van der Waals surface area contributed by atoms with Gasteiger partial charge in [0.2, 0.25) is 0 Å². The molecule has 0 amide bonds. The second-order valence-electron chi connectivity index (χ2n) is 6.76. The molecule has 0 saturated carbocycles. The van der Waals surface area contributed by atoms with Gasteiger partial charge in [-0.1, -0.05) is 20.8 Å². The molecule has 1 saturated heterocycles. The number of carbonyl (C=O) groups is 1. The van der Waals surface area contributed by atoms with Crippen molar-refractivity contribution in [2.75, 3.05) is 7.11 Å². The summed E-state index contributed by atoms with van der Waals surface area (Å²) in [5.41, 5.74) is -0.749. The standard InChI is InChI=1S/C14H27BO4/c1-9(2)11(10(3)12(16)17-8)15-18-13(4,5)14(6,7)19-15/h9-11H,1-8H3/t10-,11-/m1/s1. The second kappa shape index (κ2) is 5.45. The van der Waals surface area contributed by atoms with E-state index < -0.39 is 0 Å². The van der Waals surface area contributed by atoms with E-state index in [1.807, 2.05) is 34.6 Å². The lowest BCUT2D eigenvalue weighted by molar-refractivity contribution is -0.145. The Morgan fingerprint density at radius 3 is 1.79 bits per heavy atom. The molecule has 5 heteroatoms. The number of hydrogen-bond acceptors (Lipinski definition) is 4. The number of methoxy groups -OCH3 is 1. The van der Waals surface area contributed by atoms with Crippen LogP contribution in [-0.4, -0.2) is 31.4 Å². The molecule has 0 aromatic rings. The molecule has 0 radical (unpaired) electrons. The number of hydrogen-bond donors (Lipinski definition) is 0. The summed E-state index contributed by atoms with van der Waals surface area (Å²) in [5.74, 6) is -0.217. The van der Waals surface area contributed by atoms with E-state index in [9.17, 15) is 4.79 Å². The van der Waals surface area contributed by atoms with Gasteiger partial charge in [0.05, 0.1) is 24.2 Å². The zero-order valence-electron chi connectivity index (χ0n) is 13.4. The molecular weight excluding hydrogens is 243 g/mol. The van der Waals surface area contributed by atoms with E-state index in [0.29, 0.717) is 0 Å². The summed E-state index contributed by atoms with van der Waals surface area (Å²) >= 11 is 0. The van der Waals surface area contributed by atoms with Gasteiger partial charge in [-0.15, -0.1) is 0 Å². The third-order valence-electron chi connectivity index (χ3n) is 4.51. The Kier molecular flexibility index (Phi) is 4.73. The van der Waals surface area contributed by atoms with Crippen molar-refractivity contribution >= 4 is 13.1 Å². The fraction of sp³-hybridized carbons (Fsp3) is 0.929. The third-order valence-corrected chi connectivity index (χ3v) is 4.51. The van der Waals surface area contributed by atoms with Crippen molar-refractivity contribution < 1.29 is 18.8 Å². The lowest BCUT2D eigenvalue weighted by Crippen LogP contribution is -2.41. The quantitative estimate of drug-likeness (QED) is 0.582. The van der Waals surface area contributed by atoms with Crippen LogP contribution >= 0.6 is 0 Å². The Morgan fingerprint density at radius 2 is 1.47 bits per heavy atom. The van der Waals surface area contributed by atoms with Crippen LogP contribution < -0.4 is 0 Å². The minimum atomic E-state index is -0.376. The number of esters is 1. The van der Waals surface area contributed by atoms with Gasteiger partial charge < -0.3 is 14.0 Å². The Balaban J connectivity index is 2.95. The Hall–Kier alpha value is -0.545. The molecule has 0 aromatic heterocycles. The lowest BCUT2D eigenvalue weighted by Gasteiger charge is -2.32. The molecule has 0 N–H and O–H groups in total. The van der Waals surface area contributed by atoms with Crippen molar-refractivity contribution in [1.29, 1.82) is 0 Å². The molecule has 1 aliphatic rings. The highest BCUT2D eigenvalue weighted by atomic mass is 16.7. The van der Waals surface area contributed by atoms with E-state index in [2.05, 4.69) is 13.8 Å². The Labute approximate surface area is 117 Å². The molecular formula is C14H27BO4. The Morgan fingerprint density at radius 1 is 1.05 bits per heavy atom. The highest BCUT2D eigenvalue weighted by Crippen LogP contribution is 2.44. The number of ether oxygens (including phenoxy) is 1. The Bertz CT molecular complexity index is 322. The molecule has 110 valence electrons. The van der Waals surface area contributed by atoms with E-state index in [1.54, 1.807) is 0 Å². The summed E-state index contributed by atoms with van der Waals surface area (Å²) in [6, 6.07) is 0. The summed E-state index contributed by atoms with van der Waals surface area (Å²) in [7, 11) is 1.04. The monoisotopic (exact) mass is 270 g/mol. The van der Waals surface area contributed by atoms with E-state index in [0.717, 1.165) is 0 Å². The maximum absolute atomic E-state index is 11.8. The van der Waals surface area contributed by atoms with Gasteiger partial charge in [0.1, 0.15) is 0 Å². The molecule has 0 aromatic carbocycles. The first-order chi connectivity index (χ1) is 8.53. The first kappa shape index (κ1) is 16.5. The third kappa shape index (κ3) is 3.14. The zero-order valence-corrected chi connectivity index (χ0v) is 13.4. The minimum Gasteiger partial charge on any atom is -0.469 e. The molecule has 0 unspecified atom stereocenters. The van der Waals surface area contributed by atoms with Gasteiger partial charge in [0, 0.05) is 5.82 Å². The van der Waals surface area contributed by atoms with Gasteiger partial charge in [-0.3, -0.25) is 4.79 Å². The molecule has 0 aliphatic carbocycles. The van der Waals surface area contributed by atoms with Crippen LogP contribution in [0.5, 0.6) is 0 Å². The first-order valence-corrected chi connectivity index (χ1v) is 6.97. The zero-order chi connectivity index (χ0) is 15.0. The molecule has 1 rings (SSSR count). The lowest BCUT2D eigenvalue weighted by atomic mass is 9.60. The molecule has 1 fully saturated rings. The molecule has 4 nitrogen and oxygen atoms in total. The number of rotatable bonds is 4. The summed E-state index contributed by atoms with van der Waals surface area (Å²) in [4.78, 5) is 11.8. The predicted octanol–water partition coefficient (Wildman–Crippen LogP) is 2.91.